The molecule has 0 saturated carbocycles. The summed E-state index contributed by atoms with van der Waals surface area (Å²) in [6, 6.07) is 0. The standard InChI is InChI=1S/C6H12O2.C3H9N/c1-6(2,3)5(7)8-4;1-4(2)3/h1-4H3;1-3H3. The number of ether oxygens (including phenoxy) is 1. The van der Waals surface area contributed by atoms with E-state index in [2.05, 4.69) is 4.74 Å². The minimum Gasteiger partial charge on any atom is -0.469 e. The van der Waals surface area contributed by atoms with E-state index >= 15 is 0 Å². The molecule has 0 saturated heterocycles. The predicted octanol–water partition coefficient (Wildman–Crippen LogP) is 1.38. The largest absolute Gasteiger partial charge is 0.469 e. The van der Waals surface area contributed by atoms with Crippen molar-refractivity contribution in [1.82, 2.24) is 4.90 Å². The van der Waals surface area contributed by atoms with Crippen molar-refractivity contribution in [2.45, 2.75) is 20.8 Å². The van der Waals surface area contributed by atoms with Gasteiger partial charge in [0.15, 0.2) is 0 Å². The van der Waals surface area contributed by atoms with E-state index in [4.69, 9.17) is 0 Å². The third kappa shape index (κ3) is 12.1. The molecule has 0 rings (SSSR count). The third-order valence-corrected chi connectivity index (χ3v) is 0.798. The van der Waals surface area contributed by atoms with Crippen LogP contribution in [0, 0.1) is 5.41 Å². The Labute approximate surface area is 75.7 Å². The first-order chi connectivity index (χ1) is 5.21. The van der Waals surface area contributed by atoms with Crippen LogP contribution in [0.25, 0.3) is 0 Å². The van der Waals surface area contributed by atoms with Gasteiger partial charge in [0.1, 0.15) is 0 Å². The molecule has 12 heavy (non-hydrogen) atoms. The average Bonchev–Trinajstić information content (AvgIpc) is 1.82. The lowest BCUT2D eigenvalue weighted by molar-refractivity contribution is -0.149. The second-order valence-electron chi connectivity index (χ2n) is 4.08. The summed E-state index contributed by atoms with van der Waals surface area (Å²) in [4.78, 5) is 12.6. The van der Waals surface area contributed by atoms with E-state index in [0.717, 1.165) is 0 Å². The van der Waals surface area contributed by atoms with Crippen molar-refractivity contribution in [3.63, 3.8) is 0 Å². The Morgan fingerprint density at radius 1 is 1.17 bits per heavy atom. The second-order valence-corrected chi connectivity index (χ2v) is 4.08. The lowest BCUT2D eigenvalue weighted by Gasteiger charge is -2.13. The third-order valence-electron chi connectivity index (χ3n) is 0.798. The van der Waals surface area contributed by atoms with Gasteiger partial charge in [0.2, 0.25) is 0 Å². The van der Waals surface area contributed by atoms with Crippen LogP contribution in [0.15, 0.2) is 0 Å². The first-order valence-electron chi connectivity index (χ1n) is 3.91. The van der Waals surface area contributed by atoms with Gasteiger partial charge in [0, 0.05) is 0 Å². The Hall–Kier alpha value is -0.570. The zero-order valence-electron chi connectivity index (χ0n) is 9.26. The van der Waals surface area contributed by atoms with E-state index in [0.29, 0.717) is 0 Å². The second kappa shape index (κ2) is 6.00. The first kappa shape index (κ1) is 14.0. The molecular formula is C9H21NO2. The molecule has 0 spiro atoms. The Bertz CT molecular complexity index is 122. The molecule has 0 heterocycles. The van der Waals surface area contributed by atoms with E-state index in [1.54, 1.807) is 0 Å². The quantitative estimate of drug-likeness (QED) is 0.521. The van der Waals surface area contributed by atoms with Crippen molar-refractivity contribution >= 4 is 5.97 Å². The number of nitrogens with zero attached hydrogens (tertiary/aromatic N) is 1. The van der Waals surface area contributed by atoms with Gasteiger partial charge in [-0.3, -0.25) is 4.79 Å². The first-order valence-corrected chi connectivity index (χ1v) is 3.91. The minimum atomic E-state index is -0.352. The van der Waals surface area contributed by atoms with Crippen LogP contribution >= 0.6 is 0 Å². The van der Waals surface area contributed by atoms with Gasteiger partial charge in [0.25, 0.3) is 0 Å². The molecule has 0 amide bonds. The van der Waals surface area contributed by atoms with E-state index < -0.39 is 0 Å². The zero-order valence-corrected chi connectivity index (χ0v) is 9.26. The fourth-order valence-electron chi connectivity index (χ4n) is 0.306. The molecule has 0 N–H and O–H groups in total. The van der Waals surface area contributed by atoms with Crippen molar-refractivity contribution < 1.29 is 9.53 Å². The molecule has 0 aliphatic rings. The molecule has 0 aliphatic carbocycles. The summed E-state index contributed by atoms with van der Waals surface area (Å²) < 4.78 is 4.48. The van der Waals surface area contributed by atoms with E-state index in [9.17, 15) is 4.79 Å². The molecular weight excluding hydrogens is 154 g/mol. The average molecular weight is 175 g/mol. The number of carbonyl (C=O) groups is 1. The van der Waals surface area contributed by atoms with Crippen LogP contribution in [0.3, 0.4) is 0 Å². The molecule has 0 aromatic carbocycles. The van der Waals surface area contributed by atoms with Crippen LogP contribution in [0.4, 0.5) is 0 Å². The van der Waals surface area contributed by atoms with Gasteiger partial charge in [-0.05, 0) is 41.9 Å². The van der Waals surface area contributed by atoms with Crippen LogP contribution in [0.5, 0.6) is 0 Å². The smallest absolute Gasteiger partial charge is 0.310 e. The molecule has 0 atom stereocenters. The Morgan fingerprint density at radius 3 is 1.42 bits per heavy atom. The van der Waals surface area contributed by atoms with Crippen LogP contribution in [0.2, 0.25) is 0 Å². The fourth-order valence-corrected chi connectivity index (χ4v) is 0.306. The normalized spacial score (nSPS) is 10.3. The molecule has 0 unspecified atom stereocenters. The van der Waals surface area contributed by atoms with Gasteiger partial charge in [0.05, 0.1) is 12.5 Å². The summed E-state index contributed by atoms with van der Waals surface area (Å²) in [7, 11) is 7.40. The van der Waals surface area contributed by atoms with Gasteiger partial charge in [-0.25, -0.2) is 0 Å². The maximum absolute atomic E-state index is 10.6. The summed E-state index contributed by atoms with van der Waals surface area (Å²) in [5.74, 6) is -0.169. The molecule has 0 aromatic rings. The van der Waals surface area contributed by atoms with Crippen LogP contribution in [-0.4, -0.2) is 39.1 Å². The highest BCUT2D eigenvalue weighted by atomic mass is 16.5. The number of esters is 1. The lowest BCUT2D eigenvalue weighted by Crippen LogP contribution is -2.21. The number of rotatable bonds is 0. The predicted molar refractivity (Wildman–Crippen MR) is 51.1 cm³/mol. The molecule has 0 aromatic heterocycles. The maximum Gasteiger partial charge on any atom is 0.310 e. The highest BCUT2D eigenvalue weighted by Crippen LogP contribution is 2.13. The van der Waals surface area contributed by atoms with Crippen molar-refractivity contribution in [2.24, 2.45) is 5.41 Å². The molecule has 0 bridgehead atoms. The number of hydrogen-bond donors (Lipinski definition) is 0. The van der Waals surface area contributed by atoms with Crippen molar-refractivity contribution in [3.8, 4) is 0 Å². The van der Waals surface area contributed by atoms with Crippen molar-refractivity contribution in [1.29, 1.82) is 0 Å². The highest BCUT2D eigenvalue weighted by molar-refractivity contribution is 5.75. The topological polar surface area (TPSA) is 29.5 Å². The van der Waals surface area contributed by atoms with E-state index in [1.807, 2.05) is 46.8 Å². The van der Waals surface area contributed by atoms with Crippen molar-refractivity contribution in [3.05, 3.63) is 0 Å². The summed E-state index contributed by atoms with van der Waals surface area (Å²) in [5, 5.41) is 0. The number of hydrogen-bond acceptors (Lipinski definition) is 3. The summed E-state index contributed by atoms with van der Waals surface area (Å²) in [6.07, 6.45) is 0. The van der Waals surface area contributed by atoms with Gasteiger partial charge in [-0.1, -0.05) is 0 Å². The molecule has 74 valence electrons. The summed E-state index contributed by atoms with van der Waals surface area (Å²) in [5.41, 5.74) is -0.352. The van der Waals surface area contributed by atoms with Crippen LogP contribution in [-0.2, 0) is 9.53 Å². The molecule has 0 fully saturated rings. The maximum atomic E-state index is 10.6. The Morgan fingerprint density at radius 2 is 1.42 bits per heavy atom. The summed E-state index contributed by atoms with van der Waals surface area (Å²) >= 11 is 0. The SMILES string of the molecule is CN(C)C.COC(=O)C(C)(C)C. The Balaban J connectivity index is 0. The van der Waals surface area contributed by atoms with E-state index in [1.165, 1.54) is 7.11 Å². The number of carbonyl (C=O) groups excluding carboxylic acids is 1. The fraction of sp³-hybridized carbons (Fsp3) is 0.889. The van der Waals surface area contributed by atoms with E-state index in [-0.39, 0.29) is 11.4 Å². The van der Waals surface area contributed by atoms with Gasteiger partial charge in [-0.15, -0.1) is 0 Å². The van der Waals surface area contributed by atoms with Gasteiger partial charge >= 0.3 is 5.97 Å². The molecule has 0 radical (unpaired) electrons. The van der Waals surface area contributed by atoms with Gasteiger partial charge < -0.3 is 9.64 Å². The van der Waals surface area contributed by atoms with Crippen LogP contribution < -0.4 is 0 Å². The molecule has 3 heteroatoms. The zero-order chi connectivity index (χ0) is 10.4. The molecule has 3 nitrogen and oxygen atoms in total. The number of methoxy groups -OCH3 is 1. The summed E-state index contributed by atoms with van der Waals surface area (Å²) in [6.45, 7) is 5.45. The minimum absolute atomic E-state index is 0.169. The van der Waals surface area contributed by atoms with Gasteiger partial charge in [-0.2, -0.15) is 0 Å². The van der Waals surface area contributed by atoms with Crippen LogP contribution in [0.1, 0.15) is 20.8 Å². The lowest BCUT2D eigenvalue weighted by atomic mass is 9.98. The molecule has 0 aliphatic heterocycles. The Kier molecular flexibility index (Phi) is 6.99. The van der Waals surface area contributed by atoms with Crippen molar-refractivity contribution in [2.75, 3.05) is 28.3 Å². The highest BCUT2D eigenvalue weighted by Gasteiger charge is 2.21. The monoisotopic (exact) mass is 175 g/mol.